The summed E-state index contributed by atoms with van der Waals surface area (Å²) in [7, 11) is -1.79. The second kappa shape index (κ2) is 13.4. The van der Waals surface area contributed by atoms with Gasteiger partial charge in [0.2, 0.25) is 6.54 Å². The van der Waals surface area contributed by atoms with Crippen LogP contribution in [0.2, 0.25) is 0 Å². The van der Waals surface area contributed by atoms with E-state index in [0.717, 1.165) is 4.57 Å². The highest BCUT2D eigenvalue weighted by Gasteiger charge is 2.48. The van der Waals surface area contributed by atoms with Gasteiger partial charge in [0, 0.05) is 30.8 Å². The summed E-state index contributed by atoms with van der Waals surface area (Å²) in [5.74, 6) is -0.373. The van der Waals surface area contributed by atoms with Crippen LogP contribution in [-0.4, -0.2) is 63.7 Å². The predicted octanol–water partition coefficient (Wildman–Crippen LogP) is 4.73. The van der Waals surface area contributed by atoms with Gasteiger partial charge in [-0.3, -0.25) is 9.36 Å². The number of halogens is 1. The number of nitrogens with zero attached hydrogens (tertiary/aromatic N) is 4. The fraction of sp³-hybridized carbons (Fsp3) is 0.538. The van der Waals surface area contributed by atoms with Gasteiger partial charge in [0.25, 0.3) is 14.4 Å². The predicted molar refractivity (Wildman–Crippen MR) is 143 cm³/mol. The van der Waals surface area contributed by atoms with E-state index in [9.17, 15) is 9.59 Å². The van der Waals surface area contributed by atoms with Gasteiger partial charge in [0.15, 0.2) is 12.4 Å². The zero-order valence-electron chi connectivity index (χ0n) is 23.2. The van der Waals surface area contributed by atoms with E-state index in [1.807, 2.05) is 32.4 Å². The van der Waals surface area contributed by atoms with Crippen molar-refractivity contribution in [1.82, 2.24) is 14.2 Å². The summed E-state index contributed by atoms with van der Waals surface area (Å²) in [5, 5.41) is 2.62. The molecule has 1 aliphatic heterocycles. The van der Waals surface area contributed by atoms with Crippen molar-refractivity contribution in [3.05, 3.63) is 69.6 Å². The molecule has 0 spiro atoms. The summed E-state index contributed by atoms with van der Waals surface area (Å²) in [6.45, 7) is 16.5. The molecule has 1 aliphatic rings. The molecule has 1 fully saturated rings. The van der Waals surface area contributed by atoms with Crippen molar-refractivity contribution in [1.29, 1.82) is 0 Å². The molecule has 1 saturated heterocycles. The molecule has 0 radical (unpaired) electrons. The first kappa shape index (κ1) is 28.3. The topological polar surface area (TPSA) is 99.3 Å². The Morgan fingerprint density at radius 1 is 1.34 bits per heavy atom. The quantitative estimate of drug-likeness (QED) is 0.246. The molecule has 1 aromatic carbocycles. The Morgan fingerprint density at radius 3 is 2.63 bits per heavy atom. The minimum absolute atomic E-state index is 0.00259. The number of benzene rings is 1. The van der Waals surface area contributed by atoms with Crippen molar-refractivity contribution >= 4 is 20.3 Å². The van der Waals surface area contributed by atoms with E-state index < -0.39 is 44.7 Å². The summed E-state index contributed by atoms with van der Waals surface area (Å²) < 4.78 is 44.7. The van der Waals surface area contributed by atoms with Gasteiger partial charge in [-0.15, -0.1) is 0 Å². The molecule has 3 unspecified atom stereocenters. The lowest BCUT2D eigenvalue weighted by molar-refractivity contribution is -0.0180. The smallest absolute Gasteiger partial charge is 0.349 e. The number of carbonyl (C=O) groups excluding carboxylic acids is 1. The number of alkyl halides is 1. The number of carbonyl (C=O) groups is 1. The first-order chi connectivity index (χ1) is 18.6. The average molecular weight is 549 g/mol. The first-order valence-corrected chi connectivity index (χ1v) is 13.5. The van der Waals surface area contributed by atoms with Gasteiger partial charge in [-0.25, -0.2) is 20.4 Å². The van der Waals surface area contributed by atoms with E-state index in [1.54, 1.807) is 37.3 Å². The van der Waals surface area contributed by atoms with E-state index in [0.29, 0.717) is 11.1 Å². The number of hydrogen-bond donors (Lipinski definition) is 1. The zero-order chi connectivity index (χ0) is 28.7. The van der Waals surface area contributed by atoms with E-state index in [2.05, 4.69) is 15.1 Å². The second-order valence-electron chi connectivity index (χ2n) is 9.38. The Morgan fingerprint density at radius 2 is 2.03 bits per heavy atom. The molecule has 2 aromatic rings. The van der Waals surface area contributed by atoms with Gasteiger partial charge in [-0.05, 0) is 53.7 Å². The van der Waals surface area contributed by atoms with Gasteiger partial charge < -0.3 is 23.9 Å². The van der Waals surface area contributed by atoms with E-state index in [4.69, 9.17) is 21.7 Å². The molecule has 2 heterocycles. The lowest BCUT2D eigenvalue weighted by Gasteiger charge is -2.37. The molecule has 12 heteroatoms. The van der Waals surface area contributed by atoms with Crippen LogP contribution in [0.4, 0.5) is 10.2 Å². The number of hydrogen-bond acceptors (Lipinski definition) is 7. The van der Waals surface area contributed by atoms with Gasteiger partial charge >= 0.3 is 5.69 Å². The highest BCUT2D eigenvalue weighted by Crippen LogP contribution is 2.50. The van der Waals surface area contributed by atoms with E-state index in [1.165, 1.54) is 6.20 Å². The largest absolute Gasteiger partial charge is 0.351 e. The van der Waals surface area contributed by atoms with Gasteiger partial charge in [-0.1, -0.05) is 18.2 Å². The number of aromatic nitrogens is 2. The van der Waals surface area contributed by atoms with Crippen molar-refractivity contribution in [3.63, 3.8) is 0 Å². The molecule has 0 saturated carbocycles. The molecule has 0 bridgehead atoms. The van der Waals surface area contributed by atoms with Crippen LogP contribution < -0.4 is 11.0 Å². The maximum absolute atomic E-state index is 15.9. The molecule has 1 N–H and O–H groups in total. The van der Waals surface area contributed by atoms with Gasteiger partial charge in [0.05, 0.1) is 6.10 Å². The summed E-state index contributed by atoms with van der Waals surface area (Å²) in [5.41, 5.74) is 0.00982. The zero-order valence-corrected chi connectivity index (χ0v) is 23.1. The molecule has 1 aromatic heterocycles. The van der Waals surface area contributed by atoms with Crippen molar-refractivity contribution in [2.75, 3.05) is 18.5 Å². The molecule has 3 rings (SSSR count). The Balaban J connectivity index is 1.84. The third-order valence-corrected chi connectivity index (χ3v) is 7.94. The highest BCUT2D eigenvalue weighted by molar-refractivity contribution is 7.44. The molecule has 1 amide bonds. The van der Waals surface area contributed by atoms with E-state index in [-0.39, 0.29) is 38.0 Å². The lowest BCUT2D eigenvalue weighted by Crippen LogP contribution is -2.38. The minimum atomic E-state index is -1.81. The molecular weight excluding hydrogens is 512 g/mol. The first-order valence-electron chi connectivity index (χ1n) is 13.1. The standard InChI is InChI=1S/C26H35FN5O5P/c1-16(2)32(17(3)4)38(35-14-13-28-7)37-22-19(6)36-25(21(22)27)31-15-18(5)23(30-26(31)34)29-24(33)20-11-9-8-10-12-20/h8-12,15-17,19,21-22,25H,13-14H2,1-6H3,(H,29,30,33,34)/t19-,21?,22?,25-,38?/m1/s1/i6D. The molecular formula is C26H35FN5O5P. The molecule has 10 nitrogen and oxygen atoms in total. The number of nitrogens with one attached hydrogen (secondary N) is 1. The Kier molecular flexibility index (Phi) is 9.94. The number of ether oxygens (including phenoxy) is 1. The van der Waals surface area contributed by atoms with Crippen LogP contribution >= 0.6 is 8.53 Å². The van der Waals surface area contributed by atoms with Crippen LogP contribution in [0, 0.1) is 13.5 Å². The van der Waals surface area contributed by atoms with Crippen molar-refractivity contribution in [2.45, 2.75) is 78.2 Å². The maximum Gasteiger partial charge on any atom is 0.351 e. The number of amides is 1. The SMILES string of the molecule is [2H]C[C@H]1O[C@@H](n2cc(C)c(NC(=O)c3ccccc3)nc2=O)C(F)C1OP(OCC[N+]#[C-])N(C(C)C)C(C)C. The van der Waals surface area contributed by atoms with Crippen LogP contribution in [0.1, 0.15) is 58.1 Å². The van der Waals surface area contributed by atoms with Crippen LogP contribution in [-0.2, 0) is 13.8 Å². The average Bonchev–Trinajstić information content (AvgIpc) is 3.20. The fourth-order valence-electron chi connectivity index (χ4n) is 4.08. The third-order valence-electron chi connectivity index (χ3n) is 5.81. The van der Waals surface area contributed by atoms with Crippen molar-refractivity contribution < 1.29 is 24.3 Å². The summed E-state index contributed by atoms with van der Waals surface area (Å²) in [4.78, 5) is 32.7. The molecule has 0 aliphatic carbocycles. The lowest BCUT2D eigenvalue weighted by atomic mass is 10.2. The maximum atomic E-state index is 15.9. The second-order valence-corrected chi connectivity index (χ2v) is 10.8. The minimum Gasteiger partial charge on any atom is -0.349 e. The fourth-order valence-corrected chi connectivity index (χ4v) is 5.84. The van der Waals surface area contributed by atoms with Crippen molar-refractivity contribution in [3.8, 4) is 0 Å². The molecule has 38 heavy (non-hydrogen) atoms. The summed E-state index contributed by atoms with van der Waals surface area (Å²) >= 11 is 0. The number of rotatable bonds is 11. The Bertz CT molecular complexity index is 1200. The number of aryl methyl sites for hydroxylation is 1. The number of anilines is 1. The molecule has 206 valence electrons. The Labute approximate surface area is 225 Å². The highest BCUT2D eigenvalue weighted by atomic mass is 31.2. The van der Waals surface area contributed by atoms with Crippen LogP contribution in [0.15, 0.2) is 41.3 Å². The third kappa shape index (κ3) is 7.01. The Hall–Kier alpha value is -2.74. The van der Waals surface area contributed by atoms with Gasteiger partial charge in [0.1, 0.15) is 18.5 Å². The van der Waals surface area contributed by atoms with Crippen LogP contribution in [0.3, 0.4) is 0 Å². The summed E-state index contributed by atoms with van der Waals surface area (Å²) in [6.07, 6.45) is -3.96. The van der Waals surface area contributed by atoms with Gasteiger partial charge in [-0.2, -0.15) is 4.98 Å². The monoisotopic (exact) mass is 548 g/mol. The van der Waals surface area contributed by atoms with Crippen molar-refractivity contribution in [2.24, 2.45) is 0 Å². The molecule has 5 atom stereocenters. The summed E-state index contributed by atoms with van der Waals surface area (Å²) in [6, 6.07) is 8.49. The van der Waals surface area contributed by atoms with Crippen LogP contribution in [0.25, 0.3) is 4.85 Å². The van der Waals surface area contributed by atoms with Crippen LogP contribution in [0.5, 0.6) is 0 Å². The normalized spacial score (nSPS) is 22.5. The van der Waals surface area contributed by atoms with E-state index >= 15 is 4.39 Å².